The summed E-state index contributed by atoms with van der Waals surface area (Å²) in [6, 6.07) is 0. The van der Waals surface area contributed by atoms with Crippen LogP contribution < -0.4 is 5.73 Å². The average molecular weight is 576 g/mol. The minimum Gasteiger partial charge on any atom is -0.462 e. The second kappa shape index (κ2) is 10.7. The minimum atomic E-state index is -0.899. The van der Waals surface area contributed by atoms with Crippen LogP contribution in [0.2, 0.25) is 0 Å². The molecule has 5 aliphatic carbocycles. The van der Waals surface area contributed by atoms with Gasteiger partial charge in [0.2, 0.25) is 17.5 Å². The van der Waals surface area contributed by atoms with E-state index in [4.69, 9.17) is 30.0 Å². The van der Waals surface area contributed by atoms with Crippen molar-refractivity contribution in [1.82, 2.24) is 0 Å². The Balaban J connectivity index is 1.20. The Morgan fingerprint density at radius 1 is 0.878 bits per heavy atom. The average Bonchev–Trinajstić information content (AvgIpc) is 3.29. The Labute approximate surface area is 245 Å². The number of rotatable bonds is 5. The van der Waals surface area contributed by atoms with Crippen molar-refractivity contribution in [3.63, 3.8) is 0 Å². The number of hydrogen-bond donors (Lipinski definition) is 1. The van der Waals surface area contributed by atoms with E-state index < -0.39 is 11.6 Å². The van der Waals surface area contributed by atoms with Gasteiger partial charge in [0.1, 0.15) is 6.10 Å². The molecule has 0 aromatic heterocycles. The molecule has 41 heavy (non-hydrogen) atoms. The predicted octanol–water partition coefficient (Wildman–Crippen LogP) is 6.60. The van der Waals surface area contributed by atoms with Gasteiger partial charge in [-0.15, -0.1) is 0 Å². The lowest BCUT2D eigenvalue weighted by Gasteiger charge is -2.64. The Bertz CT molecular complexity index is 1000. The zero-order valence-electron chi connectivity index (χ0n) is 26.0. The maximum Gasteiger partial charge on any atom is 0.302 e. The summed E-state index contributed by atoms with van der Waals surface area (Å²) in [6.07, 6.45) is 12.8. The van der Waals surface area contributed by atoms with Crippen LogP contribution in [0.25, 0.3) is 0 Å². The third kappa shape index (κ3) is 5.17. The van der Waals surface area contributed by atoms with Gasteiger partial charge in [0.15, 0.2) is 0 Å². The van der Waals surface area contributed by atoms with Gasteiger partial charge in [0.25, 0.3) is 0 Å². The van der Waals surface area contributed by atoms with Crippen molar-refractivity contribution in [2.75, 3.05) is 0 Å². The van der Waals surface area contributed by atoms with Crippen molar-refractivity contribution in [3.8, 4) is 0 Å². The smallest absolute Gasteiger partial charge is 0.302 e. The molecule has 0 aromatic rings. The standard InChI is InChI=1S/C33H53NO7/c1-20-10-14-32(15-11-20)38-40-33(41-39-32)17-16-30(4)23(19-33)18-27(37-22(3)35)29-25-8-7-24(21(2)6-9-28(34)36)31(25,5)13-12-26(29)30/h20-21,23-27,29H,6-19H2,1-5H3,(H2,34,36)/t20?,21?,23?,24-,25?,26?,27?,29?,30+,31-,32?,33?/m1/s1. The summed E-state index contributed by atoms with van der Waals surface area (Å²) in [6.45, 7) is 11.1. The highest BCUT2D eigenvalue weighted by molar-refractivity contribution is 5.73. The van der Waals surface area contributed by atoms with Crippen molar-refractivity contribution in [1.29, 1.82) is 0 Å². The molecule has 1 amide bonds. The molecule has 0 bridgehead atoms. The van der Waals surface area contributed by atoms with Crippen molar-refractivity contribution in [2.45, 2.75) is 142 Å². The molecule has 232 valence electrons. The summed E-state index contributed by atoms with van der Waals surface area (Å²) in [5, 5.41) is 0. The van der Waals surface area contributed by atoms with Crippen LogP contribution in [0.3, 0.4) is 0 Å². The molecule has 8 heteroatoms. The number of fused-ring (bicyclic) bond motifs is 5. The number of hydrogen-bond acceptors (Lipinski definition) is 7. The highest BCUT2D eigenvalue weighted by atomic mass is 17.4. The van der Waals surface area contributed by atoms with E-state index in [1.165, 1.54) is 19.3 Å². The van der Waals surface area contributed by atoms with Crippen LogP contribution in [-0.2, 0) is 33.9 Å². The van der Waals surface area contributed by atoms with Crippen molar-refractivity contribution in [2.24, 2.45) is 58.0 Å². The van der Waals surface area contributed by atoms with Gasteiger partial charge in [-0.25, -0.2) is 0 Å². The lowest BCUT2D eigenvalue weighted by Crippen LogP contribution is -2.62. The molecule has 6 unspecified atom stereocenters. The molecule has 5 saturated carbocycles. The predicted molar refractivity (Wildman–Crippen MR) is 151 cm³/mol. The van der Waals surface area contributed by atoms with Gasteiger partial charge in [0.05, 0.1) is 0 Å². The quantitative estimate of drug-likeness (QED) is 0.291. The molecule has 6 rings (SSSR count). The largest absolute Gasteiger partial charge is 0.462 e. The fourth-order valence-corrected chi connectivity index (χ4v) is 10.9. The van der Waals surface area contributed by atoms with E-state index in [0.29, 0.717) is 48.3 Å². The molecule has 9 atom stereocenters. The maximum absolute atomic E-state index is 12.5. The van der Waals surface area contributed by atoms with Gasteiger partial charge in [-0.2, -0.15) is 19.6 Å². The first kappa shape index (κ1) is 29.8. The Kier molecular flexibility index (Phi) is 7.82. The van der Waals surface area contributed by atoms with E-state index in [-0.39, 0.29) is 34.7 Å². The summed E-state index contributed by atoms with van der Waals surface area (Å²) >= 11 is 0. The lowest BCUT2D eigenvalue weighted by molar-refractivity contribution is -0.665. The summed E-state index contributed by atoms with van der Waals surface area (Å²) in [5.74, 6) is 1.25. The van der Waals surface area contributed by atoms with Crippen LogP contribution in [-0.4, -0.2) is 29.6 Å². The van der Waals surface area contributed by atoms with Crippen molar-refractivity contribution < 1.29 is 33.9 Å². The van der Waals surface area contributed by atoms with Crippen LogP contribution in [0, 0.1) is 52.3 Å². The summed E-state index contributed by atoms with van der Waals surface area (Å²) in [7, 11) is 0. The van der Waals surface area contributed by atoms with Crippen LogP contribution >= 0.6 is 0 Å². The van der Waals surface area contributed by atoms with Gasteiger partial charge in [0, 0.05) is 44.9 Å². The third-order valence-corrected chi connectivity index (χ3v) is 13.3. The van der Waals surface area contributed by atoms with Crippen molar-refractivity contribution >= 4 is 11.9 Å². The summed E-state index contributed by atoms with van der Waals surface area (Å²) in [5.41, 5.74) is 5.82. The highest BCUT2D eigenvalue weighted by Gasteiger charge is 2.66. The number of ether oxygens (including phenoxy) is 1. The number of primary amides is 1. The molecule has 6 fully saturated rings. The number of amides is 1. The first-order chi connectivity index (χ1) is 19.4. The molecule has 0 aromatic carbocycles. The second-order valence-corrected chi connectivity index (χ2v) is 15.6. The maximum atomic E-state index is 12.5. The molecule has 2 spiro atoms. The van der Waals surface area contributed by atoms with Crippen LogP contribution in [0.1, 0.15) is 125 Å². The van der Waals surface area contributed by atoms with E-state index in [9.17, 15) is 9.59 Å². The van der Waals surface area contributed by atoms with Crippen LogP contribution in [0.15, 0.2) is 0 Å². The van der Waals surface area contributed by atoms with E-state index in [2.05, 4.69) is 27.7 Å². The third-order valence-electron chi connectivity index (χ3n) is 13.3. The molecule has 1 saturated heterocycles. The zero-order valence-corrected chi connectivity index (χ0v) is 26.0. The van der Waals surface area contributed by atoms with E-state index in [0.717, 1.165) is 57.8 Å². The van der Waals surface area contributed by atoms with E-state index in [1.807, 2.05) is 0 Å². The number of carbonyl (C=O) groups is 2. The lowest BCUT2D eigenvalue weighted by atomic mass is 9.43. The van der Waals surface area contributed by atoms with E-state index >= 15 is 0 Å². The Morgan fingerprint density at radius 3 is 2.20 bits per heavy atom. The molecule has 0 radical (unpaired) electrons. The first-order valence-electron chi connectivity index (χ1n) is 16.6. The molecule has 6 aliphatic rings. The Morgan fingerprint density at radius 2 is 1.54 bits per heavy atom. The van der Waals surface area contributed by atoms with E-state index in [1.54, 1.807) is 6.92 Å². The fraction of sp³-hybridized carbons (Fsp3) is 0.939. The van der Waals surface area contributed by atoms with Crippen molar-refractivity contribution in [3.05, 3.63) is 0 Å². The number of carbonyl (C=O) groups excluding carboxylic acids is 2. The highest BCUT2D eigenvalue weighted by Crippen LogP contribution is 2.69. The molecule has 1 aliphatic heterocycles. The number of esters is 1. The fourth-order valence-electron chi connectivity index (χ4n) is 10.9. The summed E-state index contributed by atoms with van der Waals surface area (Å²) in [4.78, 5) is 48.4. The van der Waals surface area contributed by atoms with Gasteiger partial charge >= 0.3 is 5.97 Å². The van der Waals surface area contributed by atoms with Gasteiger partial charge in [-0.3, -0.25) is 9.59 Å². The Hall–Kier alpha value is -1.22. The molecular formula is C33H53NO7. The second-order valence-electron chi connectivity index (χ2n) is 15.6. The van der Waals surface area contributed by atoms with Gasteiger partial charge in [-0.05, 0) is 104 Å². The SMILES string of the molecule is CC(=O)OC1CC2CC3(CC[C@]2(C)C2CC[C@@]4(C)C(CC[C@@H]4C(C)CCC(N)=O)C12)OOC1(CCC(C)CC1)OO3. The van der Waals surface area contributed by atoms with Crippen LogP contribution in [0.5, 0.6) is 0 Å². The van der Waals surface area contributed by atoms with Gasteiger partial charge < -0.3 is 10.5 Å². The first-order valence-corrected chi connectivity index (χ1v) is 16.6. The normalized spacial score (nSPS) is 50.0. The van der Waals surface area contributed by atoms with Crippen LogP contribution in [0.4, 0.5) is 0 Å². The number of nitrogens with two attached hydrogens (primary N) is 1. The minimum absolute atomic E-state index is 0.105. The topological polar surface area (TPSA) is 106 Å². The molecule has 2 N–H and O–H groups in total. The monoisotopic (exact) mass is 575 g/mol. The summed E-state index contributed by atoms with van der Waals surface area (Å²) < 4.78 is 6.21. The molecule has 8 nitrogen and oxygen atoms in total. The zero-order chi connectivity index (χ0) is 29.2. The van der Waals surface area contributed by atoms with Gasteiger partial charge in [-0.1, -0.05) is 27.7 Å². The molecule has 1 heterocycles. The molecular weight excluding hydrogens is 522 g/mol.